The third-order valence-electron chi connectivity index (χ3n) is 3.10. The van der Waals surface area contributed by atoms with E-state index in [-0.39, 0.29) is 5.91 Å². The lowest BCUT2D eigenvalue weighted by atomic mass is 10.2. The standard InChI is InChI=1S/C15H16N2O3S/c1-10-17-12(9-21-10)7-15(18)16-8-11-2-3-13-14(6-11)20-5-4-19-13/h2-3,6,9H,4-5,7-8H2,1H3,(H,16,18). The number of nitrogens with zero attached hydrogens (tertiary/aromatic N) is 1. The van der Waals surface area contributed by atoms with Crippen molar-refractivity contribution >= 4 is 17.2 Å². The van der Waals surface area contributed by atoms with Crippen LogP contribution in [0.15, 0.2) is 23.6 Å². The van der Waals surface area contributed by atoms with E-state index in [1.165, 1.54) is 0 Å². The van der Waals surface area contributed by atoms with Crippen LogP contribution in [-0.4, -0.2) is 24.1 Å². The highest BCUT2D eigenvalue weighted by atomic mass is 32.1. The molecule has 1 amide bonds. The number of fused-ring (bicyclic) bond motifs is 1. The molecule has 0 aliphatic carbocycles. The van der Waals surface area contributed by atoms with Crippen molar-refractivity contribution < 1.29 is 14.3 Å². The van der Waals surface area contributed by atoms with E-state index in [1.54, 1.807) is 11.3 Å². The molecule has 21 heavy (non-hydrogen) atoms. The normalized spacial score (nSPS) is 13.0. The largest absolute Gasteiger partial charge is 0.486 e. The first-order chi connectivity index (χ1) is 10.2. The van der Waals surface area contributed by atoms with E-state index in [1.807, 2.05) is 30.5 Å². The molecule has 1 aromatic heterocycles. The molecule has 2 heterocycles. The molecule has 5 nitrogen and oxygen atoms in total. The summed E-state index contributed by atoms with van der Waals surface area (Å²) in [5.41, 5.74) is 1.80. The second-order valence-electron chi connectivity index (χ2n) is 4.79. The maximum atomic E-state index is 11.9. The molecule has 0 saturated heterocycles. The number of carbonyl (C=O) groups is 1. The first kappa shape index (κ1) is 13.9. The van der Waals surface area contributed by atoms with Gasteiger partial charge in [-0.3, -0.25) is 4.79 Å². The summed E-state index contributed by atoms with van der Waals surface area (Å²) in [7, 11) is 0. The van der Waals surface area contributed by atoms with Crippen LogP contribution in [0.2, 0.25) is 0 Å². The summed E-state index contributed by atoms with van der Waals surface area (Å²) in [5.74, 6) is 1.47. The average Bonchev–Trinajstić information content (AvgIpc) is 2.90. The molecule has 1 aliphatic rings. The lowest BCUT2D eigenvalue weighted by Gasteiger charge is -2.18. The van der Waals surface area contributed by atoms with Gasteiger partial charge in [-0.2, -0.15) is 0 Å². The maximum Gasteiger partial charge on any atom is 0.226 e. The molecule has 0 saturated carbocycles. The second-order valence-corrected chi connectivity index (χ2v) is 5.85. The van der Waals surface area contributed by atoms with Crippen molar-refractivity contribution in [3.63, 3.8) is 0 Å². The second kappa shape index (κ2) is 6.13. The Bertz CT molecular complexity index is 654. The molecule has 3 rings (SSSR count). The predicted molar refractivity (Wildman–Crippen MR) is 79.8 cm³/mol. The number of hydrogen-bond acceptors (Lipinski definition) is 5. The average molecular weight is 304 g/mol. The zero-order valence-corrected chi connectivity index (χ0v) is 12.5. The zero-order chi connectivity index (χ0) is 14.7. The Hall–Kier alpha value is -2.08. The number of aryl methyl sites for hydroxylation is 1. The van der Waals surface area contributed by atoms with E-state index in [2.05, 4.69) is 10.3 Å². The van der Waals surface area contributed by atoms with Crippen molar-refractivity contribution in [3.05, 3.63) is 39.8 Å². The molecular weight excluding hydrogens is 288 g/mol. The highest BCUT2D eigenvalue weighted by Gasteiger charge is 2.12. The third-order valence-corrected chi connectivity index (χ3v) is 3.93. The molecule has 1 aliphatic heterocycles. The molecule has 0 fully saturated rings. The van der Waals surface area contributed by atoms with Gasteiger partial charge in [0, 0.05) is 11.9 Å². The number of carbonyl (C=O) groups excluding carboxylic acids is 1. The summed E-state index contributed by atoms with van der Waals surface area (Å²) in [6.07, 6.45) is 0.314. The van der Waals surface area contributed by atoms with E-state index in [0.717, 1.165) is 27.8 Å². The number of nitrogens with one attached hydrogen (secondary N) is 1. The number of aromatic nitrogens is 1. The third kappa shape index (κ3) is 3.52. The monoisotopic (exact) mass is 304 g/mol. The smallest absolute Gasteiger partial charge is 0.226 e. The molecule has 1 aromatic carbocycles. The first-order valence-electron chi connectivity index (χ1n) is 6.77. The Balaban J connectivity index is 1.56. The summed E-state index contributed by atoms with van der Waals surface area (Å²) in [5, 5.41) is 5.78. The van der Waals surface area contributed by atoms with Crippen LogP contribution < -0.4 is 14.8 Å². The molecule has 1 N–H and O–H groups in total. The van der Waals surface area contributed by atoms with Crippen molar-refractivity contribution in [1.82, 2.24) is 10.3 Å². The Morgan fingerprint density at radius 1 is 1.33 bits per heavy atom. The minimum atomic E-state index is -0.0322. The van der Waals surface area contributed by atoms with Gasteiger partial charge < -0.3 is 14.8 Å². The minimum Gasteiger partial charge on any atom is -0.486 e. The van der Waals surface area contributed by atoms with Crippen molar-refractivity contribution in [1.29, 1.82) is 0 Å². The molecule has 0 unspecified atom stereocenters. The first-order valence-corrected chi connectivity index (χ1v) is 7.65. The molecular formula is C15H16N2O3S. The van der Waals surface area contributed by atoms with Gasteiger partial charge in [0.25, 0.3) is 0 Å². The van der Waals surface area contributed by atoms with Gasteiger partial charge in [-0.1, -0.05) is 6.07 Å². The van der Waals surface area contributed by atoms with Crippen LogP contribution in [0.3, 0.4) is 0 Å². The van der Waals surface area contributed by atoms with Gasteiger partial charge in [0.2, 0.25) is 5.91 Å². The topological polar surface area (TPSA) is 60.5 Å². The van der Waals surface area contributed by atoms with Crippen LogP contribution in [0.25, 0.3) is 0 Å². The zero-order valence-electron chi connectivity index (χ0n) is 11.7. The quantitative estimate of drug-likeness (QED) is 0.939. The molecule has 0 spiro atoms. The Morgan fingerprint density at radius 2 is 2.14 bits per heavy atom. The van der Waals surface area contributed by atoms with Crippen LogP contribution in [0.5, 0.6) is 11.5 Å². The molecule has 110 valence electrons. The summed E-state index contributed by atoms with van der Waals surface area (Å²) >= 11 is 1.55. The van der Waals surface area contributed by atoms with Crippen LogP contribution in [-0.2, 0) is 17.8 Å². The molecule has 0 atom stereocenters. The van der Waals surface area contributed by atoms with E-state index in [4.69, 9.17) is 9.47 Å². The van der Waals surface area contributed by atoms with Crippen LogP contribution >= 0.6 is 11.3 Å². The summed E-state index contributed by atoms with van der Waals surface area (Å²) in [4.78, 5) is 16.2. The maximum absolute atomic E-state index is 11.9. The highest BCUT2D eigenvalue weighted by molar-refractivity contribution is 7.09. The Morgan fingerprint density at radius 3 is 2.90 bits per heavy atom. The van der Waals surface area contributed by atoms with Crippen LogP contribution in [0.1, 0.15) is 16.3 Å². The van der Waals surface area contributed by atoms with Gasteiger partial charge in [0.05, 0.1) is 17.1 Å². The predicted octanol–water partition coefficient (Wildman–Crippen LogP) is 2.08. The summed E-state index contributed by atoms with van der Waals surface area (Å²) in [6, 6.07) is 5.71. The van der Waals surface area contributed by atoms with Crippen molar-refractivity contribution in [3.8, 4) is 11.5 Å². The molecule has 0 radical (unpaired) electrons. The summed E-state index contributed by atoms with van der Waals surface area (Å²) in [6.45, 7) is 3.54. The van der Waals surface area contributed by atoms with E-state index >= 15 is 0 Å². The number of benzene rings is 1. The fraction of sp³-hybridized carbons (Fsp3) is 0.333. The Labute approximate surface area is 126 Å². The number of ether oxygens (including phenoxy) is 2. The number of rotatable bonds is 4. The van der Waals surface area contributed by atoms with E-state index in [0.29, 0.717) is 26.2 Å². The van der Waals surface area contributed by atoms with Crippen LogP contribution in [0.4, 0.5) is 0 Å². The van der Waals surface area contributed by atoms with Crippen molar-refractivity contribution in [2.75, 3.05) is 13.2 Å². The molecule has 0 bridgehead atoms. The molecule has 2 aromatic rings. The SMILES string of the molecule is Cc1nc(CC(=O)NCc2ccc3c(c2)OCCO3)cs1. The lowest BCUT2D eigenvalue weighted by Crippen LogP contribution is -2.24. The van der Waals surface area contributed by atoms with Gasteiger partial charge >= 0.3 is 0 Å². The lowest BCUT2D eigenvalue weighted by molar-refractivity contribution is -0.120. The van der Waals surface area contributed by atoms with E-state index < -0.39 is 0 Å². The van der Waals surface area contributed by atoms with Gasteiger partial charge in [-0.25, -0.2) is 4.98 Å². The summed E-state index contributed by atoms with van der Waals surface area (Å²) < 4.78 is 11.0. The molecule has 6 heteroatoms. The van der Waals surface area contributed by atoms with Crippen LogP contribution in [0, 0.1) is 6.92 Å². The van der Waals surface area contributed by atoms with Gasteiger partial charge in [0.15, 0.2) is 11.5 Å². The fourth-order valence-corrected chi connectivity index (χ4v) is 2.73. The van der Waals surface area contributed by atoms with Gasteiger partial charge in [-0.15, -0.1) is 11.3 Å². The highest BCUT2D eigenvalue weighted by Crippen LogP contribution is 2.30. The van der Waals surface area contributed by atoms with Gasteiger partial charge in [0.1, 0.15) is 13.2 Å². The number of amides is 1. The van der Waals surface area contributed by atoms with Gasteiger partial charge in [-0.05, 0) is 24.6 Å². The Kier molecular flexibility index (Phi) is 4.06. The fourth-order valence-electron chi connectivity index (χ4n) is 2.11. The minimum absolute atomic E-state index is 0.0322. The van der Waals surface area contributed by atoms with E-state index in [9.17, 15) is 4.79 Å². The van der Waals surface area contributed by atoms with Crippen molar-refractivity contribution in [2.45, 2.75) is 19.9 Å². The van der Waals surface area contributed by atoms with Crippen molar-refractivity contribution in [2.24, 2.45) is 0 Å². The number of hydrogen-bond donors (Lipinski definition) is 1. The number of thiazole rings is 1.